The Hall–Kier alpha value is -1.93. The SMILES string of the molecule is Cc1c(C2CCN(Cc3ccccc3)CC2)ccc2c1CCC2=O. The summed E-state index contributed by atoms with van der Waals surface area (Å²) in [6.07, 6.45) is 4.09. The van der Waals surface area contributed by atoms with Gasteiger partial charge in [-0.05, 0) is 67.4 Å². The van der Waals surface area contributed by atoms with Gasteiger partial charge in [0, 0.05) is 18.5 Å². The minimum atomic E-state index is 0.331. The zero-order chi connectivity index (χ0) is 16.5. The molecule has 1 heterocycles. The van der Waals surface area contributed by atoms with E-state index in [2.05, 4.69) is 54.3 Å². The molecule has 0 amide bonds. The number of Topliss-reactive ketones (excluding diaryl/α,β-unsaturated/α-hetero) is 1. The Kier molecular flexibility index (Phi) is 4.24. The lowest BCUT2D eigenvalue weighted by Crippen LogP contribution is -2.32. The van der Waals surface area contributed by atoms with Crippen molar-refractivity contribution >= 4 is 5.78 Å². The molecule has 2 heteroatoms. The highest BCUT2D eigenvalue weighted by molar-refractivity contribution is 6.00. The van der Waals surface area contributed by atoms with Crippen molar-refractivity contribution < 1.29 is 4.79 Å². The van der Waals surface area contributed by atoms with Gasteiger partial charge in [0.05, 0.1) is 0 Å². The zero-order valence-electron chi connectivity index (χ0n) is 14.4. The minimum Gasteiger partial charge on any atom is -0.299 e. The van der Waals surface area contributed by atoms with Gasteiger partial charge in [0.25, 0.3) is 0 Å². The molecular formula is C22H25NO. The molecule has 2 aromatic rings. The highest BCUT2D eigenvalue weighted by atomic mass is 16.1. The summed E-state index contributed by atoms with van der Waals surface area (Å²) in [7, 11) is 0. The van der Waals surface area contributed by atoms with Crippen molar-refractivity contribution in [3.63, 3.8) is 0 Å². The van der Waals surface area contributed by atoms with Crippen LogP contribution >= 0.6 is 0 Å². The first-order valence-corrected chi connectivity index (χ1v) is 9.14. The van der Waals surface area contributed by atoms with Crippen LogP contribution in [0.5, 0.6) is 0 Å². The third-order valence-electron chi connectivity index (χ3n) is 5.82. The van der Waals surface area contributed by atoms with Crippen LogP contribution in [0.25, 0.3) is 0 Å². The monoisotopic (exact) mass is 319 g/mol. The number of ketones is 1. The number of hydrogen-bond acceptors (Lipinski definition) is 2. The molecule has 124 valence electrons. The highest BCUT2D eigenvalue weighted by Gasteiger charge is 2.26. The van der Waals surface area contributed by atoms with Crippen LogP contribution in [0.4, 0.5) is 0 Å². The standard InChI is InChI=1S/C22H25NO/c1-16-19(7-8-21-20(16)9-10-22(21)24)18-11-13-23(14-12-18)15-17-5-3-2-4-6-17/h2-8,18H,9-15H2,1H3. The second-order valence-corrected chi connectivity index (χ2v) is 7.27. The van der Waals surface area contributed by atoms with Crippen LogP contribution in [0, 0.1) is 6.92 Å². The maximum atomic E-state index is 11.9. The van der Waals surface area contributed by atoms with Gasteiger partial charge in [-0.15, -0.1) is 0 Å². The lowest BCUT2D eigenvalue weighted by Gasteiger charge is -2.33. The van der Waals surface area contributed by atoms with Crippen molar-refractivity contribution in [1.29, 1.82) is 0 Å². The maximum Gasteiger partial charge on any atom is 0.163 e. The fraction of sp³-hybridized carbons (Fsp3) is 0.409. The van der Waals surface area contributed by atoms with E-state index in [0.29, 0.717) is 18.1 Å². The summed E-state index contributed by atoms with van der Waals surface area (Å²) in [5.41, 5.74) is 6.59. The second kappa shape index (κ2) is 6.52. The topological polar surface area (TPSA) is 20.3 Å². The van der Waals surface area contributed by atoms with E-state index in [9.17, 15) is 4.79 Å². The summed E-state index contributed by atoms with van der Waals surface area (Å²) >= 11 is 0. The molecule has 24 heavy (non-hydrogen) atoms. The number of hydrogen-bond donors (Lipinski definition) is 0. The Balaban J connectivity index is 1.44. The summed E-state index contributed by atoms with van der Waals surface area (Å²) < 4.78 is 0. The average molecular weight is 319 g/mol. The third kappa shape index (κ3) is 2.91. The lowest BCUT2D eigenvalue weighted by molar-refractivity contribution is 0.0994. The van der Waals surface area contributed by atoms with Crippen molar-refractivity contribution in [2.45, 2.75) is 45.1 Å². The quantitative estimate of drug-likeness (QED) is 0.830. The maximum absolute atomic E-state index is 11.9. The fourth-order valence-corrected chi connectivity index (χ4v) is 4.42. The largest absolute Gasteiger partial charge is 0.299 e. The number of fused-ring (bicyclic) bond motifs is 1. The highest BCUT2D eigenvalue weighted by Crippen LogP contribution is 2.35. The van der Waals surface area contributed by atoms with Crippen LogP contribution in [-0.4, -0.2) is 23.8 Å². The predicted octanol–water partition coefficient (Wildman–Crippen LogP) is 4.50. The Bertz CT molecular complexity index is 742. The van der Waals surface area contributed by atoms with Crippen LogP contribution in [0.3, 0.4) is 0 Å². The molecule has 0 aromatic heterocycles. The van der Waals surface area contributed by atoms with E-state index in [1.807, 2.05) is 0 Å². The summed E-state index contributed by atoms with van der Waals surface area (Å²) in [4.78, 5) is 14.5. The minimum absolute atomic E-state index is 0.331. The lowest BCUT2D eigenvalue weighted by atomic mass is 9.84. The van der Waals surface area contributed by atoms with Gasteiger partial charge in [0.15, 0.2) is 5.78 Å². The molecule has 0 spiro atoms. The first-order chi connectivity index (χ1) is 11.7. The van der Waals surface area contributed by atoms with Gasteiger partial charge in [-0.1, -0.05) is 42.5 Å². The van der Waals surface area contributed by atoms with E-state index in [4.69, 9.17) is 0 Å². The van der Waals surface area contributed by atoms with E-state index in [1.54, 1.807) is 0 Å². The number of benzene rings is 2. The molecule has 1 aliphatic heterocycles. The van der Waals surface area contributed by atoms with Crippen molar-refractivity contribution in [3.8, 4) is 0 Å². The van der Waals surface area contributed by atoms with Crippen molar-refractivity contribution in [3.05, 3.63) is 70.3 Å². The van der Waals surface area contributed by atoms with E-state index >= 15 is 0 Å². The van der Waals surface area contributed by atoms with Gasteiger partial charge in [0.1, 0.15) is 0 Å². The molecule has 2 aliphatic rings. The molecule has 2 nitrogen and oxygen atoms in total. The number of carbonyl (C=O) groups is 1. The normalized spacial score (nSPS) is 18.8. The number of nitrogens with zero attached hydrogens (tertiary/aromatic N) is 1. The number of rotatable bonds is 3. The van der Waals surface area contributed by atoms with Crippen LogP contribution in [0.2, 0.25) is 0 Å². The summed E-state index contributed by atoms with van der Waals surface area (Å²) in [5.74, 6) is 0.982. The summed E-state index contributed by atoms with van der Waals surface area (Å²) in [6, 6.07) is 15.1. The van der Waals surface area contributed by atoms with Gasteiger partial charge >= 0.3 is 0 Å². The molecule has 1 saturated heterocycles. The van der Waals surface area contributed by atoms with Crippen molar-refractivity contribution in [2.75, 3.05) is 13.1 Å². The van der Waals surface area contributed by atoms with Gasteiger partial charge in [0.2, 0.25) is 0 Å². The first-order valence-electron chi connectivity index (χ1n) is 9.14. The van der Waals surface area contributed by atoms with E-state index in [-0.39, 0.29) is 0 Å². The van der Waals surface area contributed by atoms with Crippen molar-refractivity contribution in [1.82, 2.24) is 4.90 Å². The van der Waals surface area contributed by atoms with E-state index in [0.717, 1.165) is 31.6 Å². The van der Waals surface area contributed by atoms with Gasteiger partial charge in [-0.2, -0.15) is 0 Å². The summed E-state index contributed by atoms with van der Waals surface area (Å²) in [5, 5.41) is 0. The molecule has 4 rings (SSSR count). The average Bonchev–Trinajstić information content (AvgIpc) is 2.99. The Morgan fingerprint density at radius 2 is 1.75 bits per heavy atom. The number of piperidine rings is 1. The molecular weight excluding hydrogens is 294 g/mol. The van der Waals surface area contributed by atoms with Crippen LogP contribution < -0.4 is 0 Å². The van der Waals surface area contributed by atoms with E-state index < -0.39 is 0 Å². The molecule has 2 aromatic carbocycles. The van der Waals surface area contributed by atoms with Crippen molar-refractivity contribution in [2.24, 2.45) is 0 Å². The molecule has 0 atom stereocenters. The number of likely N-dealkylation sites (tertiary alicyclic amines) is 1. The molecule has 0 unspecified atom stereocenters. The van der Waals surface area contributed by atoms with Crippen LogP contribution in [-0.2, 0) is 13.0 Å². The Morgan fingerprint density at radius 1 is 1.00 bits per heavy atom. The van der Waals surface area contributed by atoms with Crippen LogP contribution in [0.1, 0.15) is 57.8 Å². The molecule has 1 fully saturated rings. The molecule has 0 bridgehead atoms. The fourth-order valence-electron chi connectivity index (χ4n) is 4.42. The smallest absolute Gasteiger partial charge is 0.163 e. The van der Waals surface area contributed by atoms with E-state index in [1.165, 1.54) is 35.1 Å². The Labute approximate surface area is 144 Å². The molecule has 0 N–H and O–H groups in total. The van der Waals surface area contributed by atoms with Gasteiger partial charge in [-0.3, -0.25) is 9.69 Å². The third-order valence-corrected chi connectivity index (χ3v) is 5.82. The molecule has 0 saturated carbocycles. The van der Waals surface area contributed by atoms with Gasteiger partial charge < -0.3 is 0 Å². The van der Waals surface area contributed by atoms with Gasteiger partial charge in [-0.25, -0.2) is 0 Å². The zero-order valence-corrected chi connectivity index (χ0v) is 14.4. The Morgan fingerprint density at radius 3 is 2.50 bits per heavy atom. The predicted molar refractivity (Wildman–Crippen MR) is 97.5 cm³/mol. The van der Waals surface area contributed by atoms with Crippen LogP contribution in [0.15, 0.2) is 42.5 Å². The summed E-state index contributed by atoms with van der Waals surface area (Å²) in [6.45, 7) is 5.61. The molecule has 0 radical (unpaired) electrons. The first kappa shape index (κ1) is 15.6. The molecule has 1 aliphatic carbocycles. The second-order valence-electron chi connectivity index (χ2n) is 7.27. The number of carbonyl (C=O) groups excluding carboxylic acids is 1.